The number of hydrogen-bond acceptors (Lipinski definition) is 3. The predicted molar refractivity (Wildman–Crippen MR) is 106 cm³/mol. The van der Waals surface area contributed by atoms with E-state index in [0.717, 1.165) is 18.5 Å². The molecular formula is C20H39N5. The zero-order valence-corrected chi connectivity index (χ0v) is 16.6. The number of aliphatic imine (C=N–C) groups is 1. The van der Waals surface area contributed by atoms with Gasteiger partial charge in [-0.3, -0.25) is 14.8 Å². The summed E-state index contributed by atoms with van der Waals surface area (Å²) in [7, 11) is 1.90. The van der Waals surface area contributed by atoms with Crippen LogP contribution in [0.2, 0.25) is 0 Å². The van der Waals surface area contributed by atoms with Gasteiger partial charge in [-0.25, -0.2) is 0 Å². The molecule has 5 nitrogen and oxygen atoms in total. The van der Waals surface area contributed by atoms with E-state index in [2.05, 4.69) is 39.3 Å². The third kappa shape index (κ3) is 5.10. The minimum absolute atomic E-state index is 0.552. The molecule has 3 fully saturated rings. The van der Waals surface area contributed by atoms with Crippen LogP contribution < -0.4 is 10.6 Å². The van der Waals surface area contributed by atoms with E-state index >= 15 is 0 Å². The van der Waals surface area contributed by atoms with E-state index in [-0.39, 0.29) is 0 Å². The van der Waals surface area contributed by atoms with Gasteiger partial charge in [0.15, 0.2) is 5.96 Å². The highest BCUT2D eigenvalue weighted by atomic mass is 15.3. The van der Waals surface area contributed by atoms with Gasteiger partial charge in [-0.1, -0.05) is 26.7 Å². The summed E-state index contributed by atoms with van der Waals surface area (Å²) >= 11 is 0. The standard InChI is InChI=1S/C20H39N5/c1-16(2)19(24-11-6-7-12-24)14-22-20(21-3)23-17-10-13-25(15-17)18-8-4-5-9-18/h16-19H,4-15H2,1-3H3,(H2,21,22,23). The Morgan fingerprint density at radius 2 is 1.76 bits per heavy atom. The normalized spacial score (nSPS) is 28.2. The molecule has 25 heavy (non-hydrogen) atoms. The molecule has 3 aliphatic rings. The van der Waals surface area contributed by atoms with E-state index in [1.165, 1.54) is 71.1 Å². The Kier molecular flexibility index (Phi) is 7.00. The molecule has 0 amide bonds. The van der Waals surface area contributed by atoms with Crippen molar-refractivity contribution in [3.05, 3.63) is 0 Å². The minimum Gasteiger partial charge on any atom is -0.355 e. The van der Waals surface area contributed by atoms with Gasteiger partial charge < -0.3 is 10.6 Å². The molecule has 5 heteroatoms. The predicted octanol–water partition coefficient (Wildman–Crippen LogP) is 2.29. The summed E-state index contributed by atoms with van der Waals surface area (Å²) in [4.78, 5) is 9.85. The second-order valence-corrected chi connectivity index (χ2v) is 8.57. The van der Waals surface area contributed by atoms with Crippen molar-refractivity contribution in [1.82, 2.24) is 20.4 Å². The molecule has 2 saturated heterocycles. The summed E-state index contributed by atoms with van der Waals surface area (Å²) in [6.07, 6.45) is 9.63. The minimum atomic E-state index is 0.552. The van der Waals surface area contributed by atoms with E-state index in [0.29, 0.717) is 18.0 Å². The molecule has 0 bridgehead atoms. The van der Waals surface area contributed by atoms with Crippen molar-refractivity contribution < 1.29 is 0 Å². The highest BCUT2D eigenvalue weighted by molar-refractivity contribution is 5.80. The van der Waals surface area contributed by atoms with E-state index in [1.54, 1.807) is 0 Å². The molecule has 0 aromatic carbocycles. The van der Waals surface area contributed by atoms with Crippen molar-refractivity contribution in [2.75, 3.05) is 39.8 Å². The third-order valence-electron chi connectivity index (χ3n) is 6.48. The molecule has 2 N–H and O–H groups in total. The molecule has 144 valence electrons. The number of guanidine groups is 1. The van der Waals surface area contributed by atoms with Gasteiger partial charge in [0, 0.05) is 44.8 Å². The first-order chi connectivity index (χ1) is 12.2. The lowest BCUT2D eigenvalue weighted by Crippen LogP contribution is -2.51. The van der Waals surface area contributed by atoms with Crippen LogP contribution in [0.1, 0.15) is 58.8 Å². The van der Waals surface area contributed by atoms with Crippen molar-refractivity contribution in [3.8, 4) is 0 Å². The van der Waals surface area contributed by atoms with Gasteiger partial charge in [-0.05, 0) is 51.1 Å². The molecule has 2 heterocycles. The first kappa shape index (κ1) is 19.0. The highest BCUT2D eigenvalue weighted by Crippen LogP contribution is 2.26. The van der Waals surface area contributed by atoms with Crippen LogP contribution >= 0.6 is 0 Å². The maximum absolute atomic E-state index is 4.49. The van der Waals surface area contributed by atoms with Gasteiger partial charge in [-0.15, -0.1) is 0 Å². The zero-order valence-electron chi connectivity index (χ0n) is 16.6. The smallest absolute Gasteiger partial charge is 0.191 e. The average Bonchev–Trinajstić information content (AvgIpc) is 3.35. The molecule has 0 radical (unpaired) electrons. The van der Waals surface area contributed by atoms with Gasteiger partial charge in [0.1, 0.15) is 0 Å². The number of hydrogen-bond donors (Lipinski definition) is 2. The SMILES string of the molecule is CN=C(NCC(C(C)C)N1CCCC1)NC1CCN(C2CCCC2)C1. The fourth-order valence-electron chi connectivity index (χ4n) is 4.96. The van der Waals surface area contributed by atoms with Gasteiger partial charge in [0.05, 0.1) is 0 Å². The summed E-state index contributed by atoms with van der Waals surface area (Å²) in [5.74, 6) is 1.66. The summed E-state index contributed by atoms with van der Waals surface area (Å²) in [6.45, 7) is 10.6. The molecule has 3 rings (SSSR count). The molecule has 2 unspecified atom stereocenters. The summed E-state index contributed by atoms with van der Waals surface area (Å²) in [6, 6.07) is 2.01. The van der Waals surface area contributed by atoms with Gasteiger partial charge in [0.25, 0.3) is 0 Å². The van der Waals surface area contributed by atoms with Crippen LogP contribution in [-0.2, 0) is 0 Å². The lowest BCUT2D eigenvalue weighted by Gasteiger charge is -2.32. The van der Waals surface area contributed by atoms with E-state index in [1.807, 2.05) is 7.05 Å². The van der Waals surface area contributed by atoms with E-state index in [9.17, 15) is 0 Å². The number of rotatable bonds is 6. The number of nitrogens with zero attached hydrogens (tertiary/aromatic N) is 3. The van der Waals surface area contributed by atoms with Crippen molar-refractivity contribution >= 4 is 5.96 Å². The highest BCUT2D eigenvalue weighted by Gasteiger charge is 2.30. The quantitative estimate of drug-likeness (QED) is 0.570. The van der Waals surface area contributed by atoms with Crippen LogP contribution in [-0.4, -0.2) is 73.7 Å². The van der Waals surface area contributed by atoms with Crippen LogP contribution in [0.5, 0.6) is 0 Å². The summed E-state index contributed by atoms with van der Waals surface area (Å²) < 4.78 is 0. The lowest BCUT2D eigenvalue weighted by atomic mass is 10.0. The maximum Gasteiger partial charge on any atom is 0.191 e. The van der Waals surface area contributed by atoms with E-state index in [4.69, 9.17) is 0 Å². The molecular weight excluding hydrogens is 310 g/mol. The number of nitrogens with one attached hydrogen (secondary N) is 2. The van der Waals surface area contributed by atoms with Crippen molar-refractivity contribution in [2.45, 2.75) is 76.9 Å². The van der Waals surface area contributed by atoms with Crippen LogP contribution in [0.25, 0.3) is 0 Å². The molecule has 2 atom stereocenters. The second-order valence-electron chi connectivity index (χ2n) is 8.57. The topological polar surface area (TPSA) is 42.9 Å². The van der Waals surface area contributed by atoms with Crippen molar-refractivity contribution in [2.24, 2.45) is 10.9 Å². The Balaban J connectivity index is 1.44. The third-order valence-corrected chi connectivity index (χ3v) is 6.48. The fraction of sp³-hybridized carbons (Fsp3) is 0.950. The summed E-state index contributed by atoms with van der Waals surface area (Å²) in [5, 5.41) is 7.30. The van der Waals surface area contributed by atoms with Crippen molar-refractivity contribution in [1.29, 1.82) is 0 Å². The first-order valence-corrected chi connectivity index (χ1v) is 10.6. The van der Waals surface area contributed by atoms with Crippen molar-refractivity contribution in [3.63, 3.8) is 0 Å². The molecule has 2 aliphatic heterocycles. The average molecular weight is 350 g/mol. The van der Waals surface area contributed by atoms with Gasteiger partial charge in [0.2, 0.25) is 0 Å². The lowest BCUT2D eigenvalue weighted by molar-refractivity contribution is 0.192. The Hall–Kier alpha value is -0.810. The van der Waals surface area contributed by atoms with Gasteiger partial charge in [-0.2, -0.15) is 0 Å². The molecule has 0 aromatic heterocycles. The molecule has 1 saturated carbocycles. The molecule has 0 spiro atoms. The Bertz CT molecular complexity index is 424. The Labute approximate surface area is 154 Å². The Morgan fingerprint density at radius 1 is 1.04 bits per heavy atom. The summed E-state index contributed by atoms with van der Waals surface area (Å²) in [5.41, 5.74) is 0. The second kappa shape index (κ2) is 9.22. The zero-order chi connectivity index (χ0) is 17.6. The van der Waals surface area contributed by atoms with Crippen LogP contribution in [0.3, 0.4) is 0 Å². The van der Waals surface area contributed by atoms with E-state index < -0.39 is 0 Å². The largest absolute Gasteiger partial charge is 0.355 e. The molecule has 0 aromatic rings. The maximum atomic E-state index is 4.49. The Morgan fingerprint density at radius 3 is 2.40 bits per heavy atom. The van der Waals surface area contributed by atoms with Crippen LogP contribution in [0.4, 0.5) is 0 Å². The van der Waals surface area contributed by atoms with Crippen LogP contribution in [0, 0.1) is 5.92 Å². The van der Waals surface area contributed by atoms with Gasteiger partial charge >= 0.3 is 0 Å². The van der Waals surface area contributed by atoms with Crippen LogP contribution in [0.15, 0.2) is 4.99 Å². The fourth-order valence-corrected chi connectivity index (χ4v) is 4.96. The monoisotopic (exact) mass is 349 g/mol. The number of likely N-dealkylation sites (tertiary alicyclic amines) is 2. The first-order valence-electron chi connectivity index (χ1n) is 10.6. The molecule has 1 aliphatic carbocycles.